The fourth-order valence-corrected chi connectivity index (χ4v) is 2.52. The first kappa shape index (κ1) is 12.6. The van der Waals surface area contributed by atoms with E-state index >= 15 is 0 Å². The van der Waals surface area contributed by atoms with Gasteiger partial charge in [0.05, 0.1) is 17.1 Å². The number of hydrogen-bond donors (Lipinski definition) is 2. The smallest absolute Gasteiger partial charge is 0.335 e. The molecule has 6 nitrogen and oxygen atoms in total. The number of fused-ring (bicyclic) bond motifs is 1. The lowest BCUT2D eigenvalue weighted by Crippen LogP contribution is -1.96. The van der Waals surface area contributed by atoms with Crippen LogP contribution in [-0.4, -0.2) is 21.0 Å². The number of carboxylic acids is 1. The number of aryl methyl sites for hydroxylation is 1. The summed E-state index contributed by atoms with van der Waals surface area (Å²) in [7, 11) is 0. The van der Waals surface area contributed by atoms with Crippen molar-refractivity contribution < 1.29 is 14.3 Å². The molecule has 0 amide bonds. The molecule has 7 heteroatoms. The molecule has 0 aliphatic heterocycles. The minimum absolute atomic E-state index is 0.179. The zero-order valence-corrected chi connectivity index (χ0v) is 11.4. The molecular weight excluding hydrogens is 278 g/mol. The Morgan fingerprint density at radius 1 is 1.50 bits per heavy atom. The van der Waals surface area contributed by atoms with E-state index in [2.05, 4.69) is 15.3 Å². The molecule has 0 radical (unpaired) electrons. The number of thiazole rings is 1. The van der Waals surface area contributed by atoms with E-state index in [0.717, 1.165) is 9.88 Å². The minimum Gasteiger partial charge on any atom is -0.478 e. The number of anilines is 1. The van der Waals surface area contributed by atoms with Crippen LogP contribution in [0.15, 0.2) is 28.8 Å². The van der Waals surface area contributed by atoms with Crippen molar-refractivity contribution in [2.45, 2.75) is 13.5 Å². The highest BCUT2D eigenvalue weighted by Gasteiger charge is 2.09. The highest BCUT2D eigenvalue weighted by molar-refractivity contribution is 7.11. The number of nitrogens with one attached hydrogen (secondary N) is 1. The number of rotatable bonds is 4. The monoisotopic (exact) mass is 289 g/mol. The molecule has 2 heterocycles. The zero-order chi connectivity index (χ0) is 14.1. The standard InChI is InChI=1S/C13H11N3O3S/c1-7-14-5-9(20-7)6-15-13-16-10-3-2-8(12(17)18)4-11(10)19-13/h2-5H,6H2,1H3,(H,15,16)(H,17,18). The second-order valence-corrected chi connectivity index (χ2v) is 5.53. The van der Waals surface area contributed by atoms with E-state index in [1.807, 2.05) is 6.92 Å². The Kier molecular flexibility index (Phi) is 3.11. The fraction of sp³-hybridized carbons (Fsp3) is 0.154. The number of carbonyl (C=O) groups is 1. The molecule has 3 rings (SSSR count). The molecule has 0 aliphatic carbocycles. The molecule has 0 atom stereocenters. The van der Waals surface area contributed by atoms with Crippen LogP contribution in [-0.2, 0) is 6.54 Å². The van der Waals surface area contributed by atoms with Crippen molar-refractivity contribution in [3.05, 3.63) is 39.8 Å². The van der Waals surface area contributed by atoms with Crippen LogP contribution in [0, 0.1) is 6.92 Å². The Bertz CT molecular complexity index is 778. The van der Waals surface area contributed by atoms with Gasteiger partial charge in [0, 0.05) is 11.1 Å². The van der Waals surface area contributed by atoms with Gasteiger partial charge in [0.1, 0.15) is 5.52 Å². The van der Waals surface area contributed by atoms with Crippen LogP contribution in [0.4, 0.5) is 6.01 Å². The summed E-state index contributed by atoms with van der Waals surface area (Å²) in [5, 5.41) is 13.0. The first-order valence-electron chi connectivity index (χ1n) is 5.91. The Balaban J connectivity index is 1.80. The van der Waals surface area contributed by atoms with Gasteiger partial charge in [-0.2, -0.15) is 4.98 Å². The summed E-state index contributed by atoms with van der Waals surface area (Å²) in [6.45, 7) is 2.52. The molecule has 20 heavy (non-hydrogen) atoms. The maximum absolute atomic E-state index is 10.9. The van der Waals surface area contributed by atoms with Gasteiger partial charge in [0.2, 0.25) is 0 Å². The van der Waals surface area contributed by atoms with Crippen molar-refractivity contribution in [2.75, 3.05) is 5.32 Å². The Morgan fingerprint density at radius 2 is 2.35 bits per heavy atom. The number of nitrogens with zero attached hydrogens (tertiary/aromatic N) is 2. The summed E-state index contributed by atoms with van der Waals surface area (Å²) in [6, 6.07) is 4.97. The summed E-state index contributed by atoms with van der Waals surface area (Å²) in [6.07, 6.45) is 1.80. The van der Waals surface area contributed by atoms with Crippen molar-refractivity contribution in [2.24, 2.45) is 0 Å². The predicted octanol–water partition coefficient (Wildman–Crippen LogP) is 2.90. The quantitative estimate of drug-likeness (QED) is 0.767. The minimum atomic E-state index is -0.988. The van der Waals surface area contributed by atoms with E-state index in [-0.39, 0.29) is 5.56 Å². The van der Waals surface area contributed by atoms with Gasteiger partial charge in [-0.25, -0.2) is 9.78 Å². The van der Waals surface area contributed by atoms with E-state index in [0.29, 0.717) is 23.7 Å². The molecular formula is C13H11N3O3S. The van der Waals surface area contributed by atoms with Crippen LogP contribution in [0.3, 0.4) is 0 Å². The third kappa shape index (κ3) is 2.48. The molecule has 0 fully saturated rings. The van der Waals surface area contributed by atoms with E-state index < -0.39 is 5.97 Å². The Labute approximate surface area is 118 Å². The fourth-order valence-electron chi connectivity index (χ4n) is 1.78. The van der Waals surface area contributed by atoms with Crippen LogP contribution in [0.1, 0.15) is 20.2 Å². The summed E-state index contributed by atoms with van der Waals surface area (Å²) in [5.41, 5.74) is 1.25. The van der Waals surface area contributed by atoms with Gasteiger partial charge in [-0.15, -0.1) is 11.3 Å². The third-order valence-corrected chi connectivity index (χ3v) is 3.63. The van der Waals surface area contributed by atoms with Crippen LogP contribution >= 0.6 is 11.3 Å². The SMILES string of the molecule is Cc1ncc(CNc2nc3ccc(C(=O)O)cc3o2)s1. The number of oxazole rings is 1. The highest BCUT2D eigenvalue weighted by atomic mass is 32.1. The number of benzene rings is 1. The molecule has 0 spiro atoms. The van der Waals surface area contributed by atoms with Gasteiger partial charge in [-0.1, -0.05) is 0 Å². The van der Waals surface area contributed by atoms with E-state index in [1.165, 1.54) is 12.1 Å². The lowest BCUT2D eigenvalue weighted by molar-refractivity contribution is 0.0697. The molecule has 0 saturated carbocycles. The lowest BCUT2D eigenvalue weighted by Gasteiger charge is -1.96. The van der Waals surface area contributed by atoms with Gasteiger partial charge >= 0.3 is 5.97 Å². The largest absolute Gasteiger partial charge is 0.478 e. The number of aromatic nitrogens is 2. The maximum atomic E-state index is 10.9. The van der Waals surface area contributed by atoms with Gasteiger partial charge in [-0.05, 0) is 25.1 Å². The van der Waals surface area contributed by atoms with Crippen molar-refractivity contribution in [1.29, 1.82) is 0 Å². The first-order chi connectivity index (χ1) is 9.61. The molecule has 102 valence electrons. The molecule has 0 bridgehead atoms. The van der Waals surface area contributed by atoms with Gasteiger partial charge < -0.3 is 14.8 Å². The molecule has 2 aromatic heterocycles. The summed E-state index contributed by atoms with van der Waals surface area (Å²) >= 11 is 1.60. The van der Waals surface area contributed by atoms with Crippen LogP contribution in [0.5, 0.6) is 0 Å². The van der Waals surface area contributed by atoms with E-state index in [1.54, 1.807) is 23.6 Å². The molecule has 2 N–H and O–H groups in total. The Hall–Kier alpha value is -2.41. The average Bonchev–Trinajstić information content (AvgIpc) is 3.00. The van der Waals surface area contributed by atoms with Crippen molar-refractivity contribution >= 4 is 34.4 Å². The number of carboxylic acid groups (broad SMARTS) is 1. The maximum Gasteiger partial charge on any atom is 0.335 e. The molecule has 3 aromatic rings. The lowest BCUT2D eigenvalue weighted by atomic mass is 10.2. The van der Waals surface area contributed by atoms with Gasteiger partial charge in [0.25, 0.3) is 6.01 Å². The van der Waals surface area contributed by atoms with Crippen molar-refractivity contribution in [1.82, 2.24) is 9.97 Å². The third-order valence-electron chi connectivity index (χ3n) is 2.72. The molecule has 0 unspecified atom stereocenters. The Morgan fingerprint density at radius 3 is 3.05 bits per heavy atom. The van der Waals surface area contributed by atoms with Gasteiger partial charge in [0.15, 0.2) is 5.58 Å². The normalized spacial score (nSPS) is 10.8. The van der Waals surface area contributed by atoms with Gasteiger partial charge in [-0.3, -0.25) is 0 Å². The van der Waals surface area contributed by atoms with Crippen LogP contribution in [0.25, 0.3) is 11.1 Å². The van der Waals surface area contributed by atoms with Crippen LogP contribution in [0.2, 0.25) is 0 Å². The second kappa shape index (κ2) is 4.93. The molecule has 1 aromatic carbocycles. The second-order valence-electron chi connectivity index (χ2n) is 4.21. The zero-order valence-electron chi connectivity index (χ0n) is 10.6. The predicted molar refractivity (Wildman–Crippen MR) is 75.1 cm³/mol. The van der Waals surface area contributed by atoms with Crippen molar-refractivity contribution in [3.8, 4) is 0 Å². The topological polar surface area (TPSA) is 88.2 Å². The summed E-state index contributed by atoms with van der Waals surface area (Å²) < 4.78 is 5.49. The number of aromatic carboxylic acids is 1. The van der Waals surface area contributed by atoms with Crippen molar-refractivity contribution in [3.63, 3.8) is 0 Å². The average molecular weight is 289 g/mol. The summed E-state index contributed by atoms with van der Waals surface area (Å²) in [5.74, 6) is -0.988. The highest BCUT2D eigenvalue weighted by Crippen LogP contribution is 2.21. The van der Waals surface area contributed by atoms with E-state index in [4.69, 9.17) is 9.52 Å². The summed E-state index contributed by atoms with van der Waals surface area (Å²) in [4.78, 5) is 20.4. The molecule has 0 aliphatic rings. The molecule has 0 saturated heterocycles. The van der Waals surface area contributed by atoms with E-state index in [9.17, 15) is 4.79 Å². The van der Waals surface area contributed by atoms with Crippen LogP contribution < -0.4 is 5.32 Å². The number of hydrogen-bond acceptors (Lipinski definition) is 6. The first-order valence-corrected chi connectivity index (χ1v) is 6.72.